The Morgan fingerprint density at radius 1 is 1.27 bits per heavy atom. The maximum absolute atomic E-state index is 6.05. The third kappa shape index (κ3) is 4.02. The van der Waals surface area contributed by atoms with Gasteiger partial charge in [-0.15, -0.1) is 0 Å². The molecule has 0 radical (unpaired) electrons. The molecule has 0 saturated heterocycles. The topological polar surface area (TPSA) is 12.0 Å². The van der Waals surface area contributed by atoms with Gasteiger partial charge in [0.2, 0.25) is 0 Å². The lowest BCUT2D eigenvalue weighted by Crippen LogP contribution is -2.20. The molecule has 0 spiro atoms. The Hall–Kier alpha value is -0.240. The lowest BCUT2D eigenvalue weighted by Gasteiger charge is -2.11. The normalized spacial score (nSPS) is 12.8. The maximum atomic E-state index is 6.05. The number of hydrogen-bond acceptors (Lipinski definition) is 1. The molecule has 0 aromatic heterocycles. The fraction of sp³-hybridized carbons (Fsp3) is 0.500. The van der Waals surface area contributed by atoms with Gasteiger partial charge in [0.05, 0.1) is 0 Å². The molecule has 84 valence electrons. The number of halogens is 2. The van der Waals surface area contributed by atoms with E-state index in [2.05, 4.69) is 19.2 Å². The molecule has 1 atom stereocenters. The molecule has 0 fully saturated rings. The zero-order chi connectivity index (χ0) is 11.3. The van der Waals surface area contributed by atoms with E-state index in [-0.39, 0.29) is 0 Å². The Balaban J connectivity index is 2.50. The first kappa shape index (κ1) is 12.8. The summed E-state index contributed by atoms with van der Waals surface area (Å²) in [6, 6.07) is 5.60. The molecular formula is C12H17Cl2N. The van der Waals surface area contributed by atoms with Crippen LogP contribution in [0.2, 0.25) is 10.0 Å². The molecule has 0 aliphatic rings. The SMILES string of the molecule is CCC(C)CNCc1c(Cl)cccc1Cl. The molecule has 1 aromatic carbocycles. The standard InChI is InChI=1S/C12H17Cl2N/c1-3-9(2)7-15-8-10-11(13)5-4-6-12(10)14/h4-6,9,15H,3,7-8H2,1-2H3. The lowest BCUT2D eigenvalue weighted by atomic mass is 10.1. The summed E-state index contributed by atoms with van der Waals surface area (Å²) in [6.45, 7) is 6.15. The van der Waals surface area contributed by atoms with Gasteiger partial charge >= 0.3 is 0 Å². The average Bonchev–Trinajstić information content (AvgIpc) is 2.22. The zero-order valence-corrected chi connectivity index (χ0v) is 10.7. The smallest absolute Gasteiger partial charge is 0.0465 e. The van der Waals surface area contributed by atoms with Gasteiger partial charge in [0.1, 0.15) is 0 Å². The van der Waals surface area contributed by atoms with Crippen molar-refractivity contribution >= 4 is 23.2 Å². The Morgan fingerprint density at radius 3 is 2.40 bits per heavy atom. The number of nitrogens with one attached hydrogen (secondary N) is 1. The first-order valence-electron chi connectivity index (χ1n) is 5.28. The molecule has 0 bridgehead atoms. The fourth-order valence-corrected chi connectivity index (χ4v) is 1.82. The van der Waals surface area contributed by atoms with Crippen molar-refractivity contribution < 1.29 is 0 Å². The van der Waals surface area contributed by atoms with E-state index in [0.29, 0.717) is 5.92 Å². The van der Waals surface area contributed by atoms with E-state index in [9.17, 15) is 0 Å². The molecule has 0 amide bonds. The Morgan fingerprint density at radius 2 is 1.87 bits per heavy atom. The second-order valence-electron chi connectivity index (χ2n) is 3.84. The molecule has 1 aromatic rings. The summed E-state index contributed by atoms with van der Waals surface area (Å²) in [5.74, 6) is 0.686. The highest BCUT2D eigenvalue weighted by Crippen LogP contribution is 2.23. The molecule has 1 rings (SSSR count). The number of rotatable bonds is 5. The van der Waals surface area contributed by atoms with E-state index in [1.54, 1.807) is 0 Å². The summed E-state index contributed by atoms with van der Waals surface area (Å²) < 4.78 is 0. The monoisotopic (exact) mass is 245 g/mol. The first-order valence-corrected chi connectivity index (χ1v) is 6.04. The van der Waals surface area contributed by atoms with Crippen molar-refractivity contribution in [3.05, 3.63) is 33.8 Å². The molecule has 1 N–H and O–H groups in total. The minimum Gasteiger partial charge on any atom is -0.312 e. The molecule has 0 aliphatic carbocycles. The lowest BCUT2D eigenvalue weighted by molar-refractivity contribution is 0.500. The summed E-state index contributed by atoms with van der Waals surface area (Å²) >= 11 is 12.1. The van der Waals surface area contributed by atoms with Crippen LogP contribution in [0.1, 0.15) is 25.8 Å². The molecule has 0 saturated carbocycles. The summed E-state index contributed by atoms with van der Waals surface area (Å²) in [4.78, 5) is 0. The molecule has 0 aliphatic heterocycles. The van der Waals surface area contributed by atoms with E-state index in [0.717, 1.165) is 28.7 Å². The van der Waals surface area contributed by atoms with Gasteiger partial charge in [0, 0.05) is 22.2 Å². The van der Waals surface area contributed by atoms with Gasteiger partial charge in [-0.1, -0.05) is 49.5 Å². The maximum Gasteiger partial charge on any atom is 0.0465 e. The number of hydrogen-bond donors (Lipinski definition) is 1. The molecule has 3 heteroatoms. The van der Waals surface area contributed by atoms with Crippen LogP contribution in [0.4, 0.5) is 0 Å². The van der Waals surface area contributed by atoms with E-state index in [1.165, 1.54) is 6.42 Å². The van der Waals surface area contributed by atoms with Gasteiger partial charge in [-0.25, -0.2) is 0 Å². The first-order chi connectivity index (χ1) is 7.15. The van der Waals surface area contributed by atoms with Gasteiger partial charge in [0.25, 0.3) is 0 Å². The molecule has 1 nitrogen and oxygen atoms in total. The van der Waals surface area contributed by atoms with Crippen LogP contribution in [0, 0.1) is 5.92 Å². The van der Waals surface area contributed by atoms with Crippen LogP contribution in [0.15, 0.2) is 18.2 Å². The molecule has 15 heavy (non-hydrogen) atoms. The van der Waals surface area contributed by atoms with Gasteiger partial charge in [0.15, 0.2) is 0 Å². The third-order valence-electron chi connectivity index (χ3n) is 2.55. The summed E-state index contributed by atoms with van der Waals surface area (Å²) in [5, 5.41) is 4.84. The van der Waals surface area contributed by atoms with E-state index >= 15 is 0 Å². The van der Waals surface area contributed by atoms with Crippen molar-refractivity contribution in [2.24, 2.45) is 5.92 Å². The van der Waals surface area contributed by atoms with Crippen LogP contribution in [-0.2, 0) is 6.54 Å². The molecular weight excluding hydrogens is 229 g/mol. The van der Waals surface area contributed by atoms with Crippen LogP contribution in [0.25, 0.3) is 0 Å². The Bertz CT molecular complexity index is 292. The fourth-order valence-electron chi connectivity index (χ4n) is 1.29. The van der Waals surface area contributed by atoms with Crippen LogP contribution in [0.5, 0.6) is 0 Å². The van der Waals surface area contributed by atoms with Crippen molar-refractivity contribution in [3.63, 3.8) is 0 Å². The van der Waals surface area contributed by atoms with Gasteiger partial charge in [-0.05, 0) is 24.6 Å². The van der Waals surface area contributed by atoms with Crippen LogP contribution >= 0.6 is 23.2 Å². The second kappa shape index (κ2) is 6.37. The Labute approximate surface area is 102 Å². The van der Waals surface area contributed by atoms with Gasteiger partial charge in [-0.3, -0.25) is 0 Å². The predicted octanol–water partition coefficient (Wildman–Crippen LogP) is 4.13. The highest BCUT2D eigenvalue weighted by atomic mass is 35.5. The summed E-state index contributed by atoms with van der Waals surface area (Å²) in [7, 11) is 0. The van der Waals surface area contributed by atoms with Crippen LogP contribution < -0.4 is 5.32 Å². The van der Waals surface area contributed by atoms with E-state index < -0.39 is 0 Å². The van der Waals surface area contributed by atoms with Crippen molar-refractivity contribution in [2.75, 3.05) is 6.54 Å². The molecule has 0 heterocycles. The zero-order valence-electron chi connectivity index (χ0n) is 9.19. The highest BCUT2D eigenvalue weighted by Gasteiger charge is 2.05. The van der Waals surface area contributed by atoms with Gasteiger partial charge < -0.3 is 5.32 Å². The van der Waals surface area contributed by atoms with E-state index in [1.807, 2.05) is 18.2 Å². The highest BCUT2D eigenvalue weighted by molar-refractivity contribution is 6.35. The Kier molecular flexibility index (Phi) is 5.44. The summed E-state index contributed by atoms with van der Waals surface area (Å²) in [5.41, 5.74) is 0.990. The quantitative estimate of drug-likeness (QED) is 0.823. The van der Waals surface area contributed by atoms with Crippen molar-refractivity contribution in [3.8, 4) is 0 Å². The minimum atomic E-state index is 0.686. The number of benzene rings is 1. The third-order valence-corrected chi connectivity index (χ3v) is 3.26. The average molecular weight is 246 g/mol. The largest absolute Gasteiger partial charge is 0.312 e. The van der Waals surface area contributed by atoms with Gasteiger partial charge in [-0.2, -0.15) is 0 Å². The van der Waals surface area contributed by atoms with Crippen LogP contribution in [-0.4, -0.2) is 6.54 Å². The minimum absolute atomic E-state index is 0.686. The predicted molar refractivity (Wildman–Crippen MR) is 67.6 cm³/mol. The van der Waals surface area contributed by atoms with Crippen molar-refractivity contribution in [1.29, 1.82) is 0 Å². The second-order valence-corrected chi connectivity index (χ2v) is 4.66. The van der Waals surface area contributed by atoms with Crippen LogP contribution in [0.3, 0.4) is 0 Å². The van der Waals surface area contributed by atoms with E-state index in [4.69, 9.17) is 23.2 Å². The van der Waals surface area contributed by atoms with Crippen molar-refractivity contribution in [1.82, 2.24) is 5.32 Å². The molecule has 1 unspecified atom stereocenters. The summed E-state index contributed by atoms with van der Waals surface area (Å²) in [6.07, 6.45) is 1.18. The van der Waals surface area contributed by atoms with Crippen molar-refractivity contribution in [2.45, 2.75) is 26.8 Å².